The van der Waals surface area contributed by atoms with Crippen LogP contribution >= 0.6 is 11.6 Å². The molecule has 0 bridgehead atoms. The molecule has 55 heavy (non-hydrogen) atoms. The molecule has 2 aliphatic heterocycles. The maximum atomic E-state index is 13.3. The first-order valence-corrected chi connectivity index (χ1v) is 15.6. The van der Waals surface area contributed by atoms with Crippen LogP contribution in [0, 0.1) is 6.57 Å². The molecule has 2 aliphatic rings. The molecule has 0 saturated heterocycles. The molecule has 2 heterocycles. The molecule has 0 aromatic heterocycles. The Hall–Kier alpha value is -5.64. The van der Waals surface area contributed by atoms with E-state index in [1.807, 2.05) is 0 Å². The molecule has 2 amide bonds. The Bertz CT molecular complexity index is 2140. The maximum Gasteiger partial charge on any atom is 0.573 e. The Morgan fingerprint density at radius 2 is 0.982 bits per heavy atom. The number of alkyl halides is 12. The minimum Gasteiger partial charge on any atom is -0.406 e. The van der Waals surface area contributed by atoms with E-state index in [0.717, 1.165) is 34.1 Å². The van der Waals surface area contributed by atoms with Gasteiger partial charge >= 0.3 is 25.1 Å². The lowest BCUT2D eigenvalue weighted by molar-refractivity contribution is -0.275. The average Bonchev–Trinajstić information content (AvgIpc) is 3.54. The monoisotopic (exact) mass is 809 g/mol. The lowest BCUT2D eigenvalue weighted by atomic mass is 10.0. The number of rotatable bonds is 6. The topological polar surface area (TPSA) is 63.4 Å². The molecule has 0 fully saturated rings. The van der Waals surface area contributed by atoms with Crippen molar-refractivity contribution in [2.45, 2.75) is 51.3 Å². The largest absolute Gasteiger partial charge is 0.573 e. The predicted molar refractivity (Wildman–Crippen MR) is 168 cm³/mol. The standard InChI is InChI=1S/C18H10F6N2O2.C17H10ClF6NO2/c1-25-12-6-11-9-26(16(27)15(11)14(7-12)17(19,20)21)8-10-2-4-13(5-3-10)28-18(22,23)24;18-11-5-10-8-25(15(26)14(10)13(6-11)16(19,20)21)7-9-1-3-12(4-2-9)27-17(22,23)24/h2-7H,8-9H2;1-6H,7-8H2. The molecule has 6 rings (SSSR count). The average molecular weight is 810 g/mol. The Labute approximate surface area is 307 Å². The molecule has 0 unspecified atom stereocenters. The Morgan fingerprint density at radius 1 is 0.600 bits per heavy atom. The van der Waals surface area contributed by atoms with Gasteiger partial charge in [-0.05, 0) is 64.7 Å². The van der Waals surface area contributed by atoms with Gasteiger partial charge in [-0.1, -0.05) is 41.9 Å². The number of ether oxygens (including phenoxy) is 2. The van der Waals surface area contributed by atoms with Crippen molar-refractivity contribution in [2.24, 2.45) is 0 Å². The first-order valence-electron chi connectivity index (χ1n) is 15.2. The van der Waals surface area contributed by atoms with Crippen LogP contribution in [0.15, 0.2) is 72.8 Å². The first-order chi connectivity index (χ1) is 25.4. The molecule has 0 saturated carbocycles. The highest BCUT2D eigenvalue weighted by Gasteiger charge is 2.42. The Morgan fingerprint density at radius 3 is 1.35 bits per heavy atom. The van der Waals surface area contributed by atoms with Crippen LogP contribution in [0.1, 0.15) is 54.1 Å². The molecule has 0 N–H and O–H groups in total. The summed E-state index contributed by atoms with van der Waals surface area (Å²) in [6.07, 6.45) is -19.2. The van der Waals surface area contributed by atoms with Crippen molar-refractivity contribution in [2.75, 3.05) is 0 Å². The van der Waals surface area contributed by atoms with Crippen molar-refractivity contribution in [1.29, 1.82) is 0 Å². The molecule has 20 heteroatoms. The summed E-state index contributed by atoms with van der Waals surface area (Å²) in [6.45, 7) is 6.53. The summed E-state index contributed by atoms with van der Waals surface area (Å²) >= 11 is 5.72. The zero-order valence-electron chi connectivity index (χ0n) is 27.1. The van der Waals surface area contributed by atoms with Crippen molar-refractivity contribution < 1.29 is 71.7 Å². The number of halogens is 13. The predicted octanol–water partition coefficient (Wildman–Crippen LogP) is 10.7. The van der Waals surface area contributed by atoms with Gasteiger partial charge in [0.2, 0.25) is 0 Å². The molecule has 290 valence electrons. The number of carbonyl (C=O) groups is 2. The van der Waals surface area contributed by atoms with Crippen molar-refractivity contribution in [3.8, 4) is 11.5 Å². The zero-order valence-corrected chi connectivity index (χ0v) is 27.9. The summed E-state index contributed by atoms with van der Waals surface area (Å²) in [7, 11) is 0. The van der Waals surface area contributed by atoms with Gasteiger partial charge < -0.3 is 19.3 Å². The molecular weight excluding hydrogens is 790 g/mol. The van der Waals surface area contributed by atoms with E-state index in [2.05, 4.69) is 14.3 Å². The second-order valence-corrected chi connectivity index (χ2v) is 12.3. The maximum absolute atomic E-state index is 13.3. The molecule has 7 nitrogen and oxygen atoms in total. The Kier molecular flexibility index (Phi) is 11.0. The normalized spacial score (nSPS) is 14.3. The summed E-state index contributed by atoms with van der Waals surface area (Å²) in [4.78, 5) is 30.2. The fraction of sp³-hybridized carbons (Fsp3) is 0.229. The van der Waals surface area contributed by atoms with Gasteiger partial charge in [0.05, 0.1) is 28.8 Å². The smallest absolute Gasteiger partial charge is 0.406 e. The van der Waals surface area contributed by atoms with E-state index in [1.54, 1.807) is 0 Å². The van der Waals surface area contributed by atoms with Crippen molar-refractivity contribution in [3.63, 3.8) is 0 Å². The molecule has 4 aromatic rings. The van der Waals surface area contributed by atoms with E-state index >= 15 is 0 Å². The lowest BCUT2D eigenvalue weighted by Gasteiger charge is -2.17. The number of nitrogens with zero attached hydrogens (tertiary/aromatic N) is 3. The van der Waals surface area contributed by atoms with Crippen LogP contribution in [-0.2, 0) is 38.5 Å². The van der Waals surface area contributed by atoms with Crippen LogP contribution in [0.2, 0.25) is 5.02 Å². The fourth-order valence-corrected chi connectivity index (χ4v) is 6.02. The highest BCUT2D eigenvalue weighted by atomic mass is 35.5. The Balaban J connectivity index is 0.000000211. The van der Waals surface area contributed by atoms with Crippen LogP contribution in [0.4, 0.5) is 58.4 Å². The number of hydrogen-bond acceptors (Lipinski definition) is 4. The number of hydrogen-bond donors (Lipinski definition) is 0. The summed E-state index contributed by atoms with van der Waals surface area (Å²) in [5, 5.41) is -0.135. The minimum absolute atomic E-state index is 0.0747. The third kappa shape index (κ3) is 9.92. The molecule has 0 aliphatic carbocycles. The van der Waals surface area contributed by atoms with Gasteiger partial charge in [-0.2, -0.15) is 26.3 Å². The van der Waals surface area contributed by atoms with Gasteiger partial charge in [-0.3, -0.25) is 9.59 Å². The van der Waals surface area contributed by atoms with Gasteiger partial charge in [0.25, 0.3) is 11.8 Å². The minimum atomic E-state index is -4.84. The summed E-state index contributed by atoms with van der Waals surface area (Å²) in [5.41, 5.74) is -2.38. The lowest BCUT2D eigenvalue weighted by Crippen LogP contribution is -2.24. The van der Waals surface area contributed by atoms with Gasteiger partial charge in [-0.25, -0.2) is 4.85 Å². The van der Waals surface area contributed by atoms with Gasteiger partial charge in [0.1, 0.15) is 11.5 Å². The third-order valence-corrected chi connectivity index (χ3v) is 8.13. The van der Waals surface area contributed by atoms with Gasteiger partial charge in [0, 0.05) is 31.2 Å². The number of benzene rings is 4. The van der Waals surface area contributed by atoms with Crippen LogP contribution < -0.4 is 9.47 Å². The van der Waals surface area contributed by atoms with Gasteiger partial charge in [-0.15, -0.1) is 26.3 Å². The van der Waals surface area contributed by atoms with E-state index in [-0.39, 0.29) is 48.0 Å². The second-order valence-electron chi connectivity index (χ2n) is 11.8. The molecule has 0 radical (unpaired) electrons. The van der Waals surface area contributed by atoms with Crippen molar-refractivity contribution >= 4 is 29.1 Å². The number of fused-ring (bicyclic) bond motifs is 2. The summed E-state index contributed by atoms with van der Waals surface area (Å²) in [6, 6.07) is 13.3. The van der Waals surface area contributed by atoms with Crippen LogP contribution in [0.5, 0.6) is 11.5 Å². The highest BCUT2D eigenvalue weighted by molar-refractivity contribution is 6.31. The van der Waals surface area contributed by atoms with E-state index in [4.69, 9.17) is 18.2 Å². The number of carbonyl (C=O) groups excluding carboxylic acids is 2. The summed E-state index contributed by atoms with van der Waals surface area (Å²) < 4.78 is 160. The fourth-order valence-electron chi connectivity index (χ4n) is 5.78. The van der Waals surface area contributed by atoms with Gasteiger partial charge in [0.15, 0.2) is 5.69 Å². The summed E-state index contributed by atoms with van der Waals surface area (Å²) in [5.74, 6) is -2.55. The SMILES string of the molecule is O=C1c2c(cc(Cl)cc2C(F)(F)F)CN1Cc1ccc(OC(F)(F)F)cc1.[C-]#[N+]c1cc2c(c(C(F)(F)F)c1)C(=O)N(Cc1ccc(OC(F)(F)F)cc1)C2. The zero-order chi connectivity index (χ0) is 40.7. The van der Waals surface area contributed by atoms with E-state index in [0.29, 0.717) is 23.3 Å². The van der Waals surface area contributed by atoms with Crippen LogP contribution in [0.3, 0.4) is 0 Å². The molecule has 4 aromatic carbocycles. The van der Waals surface area contributed by atoms with E-state index in [1.165, 1.54) is 36.4 Å². The van der Waals surface area contributed by atoms with Crippen LogP contribution in [-0.4, -0.2) is 34.3 Å². The van der Waals surface area contributed by atoms with Crippen molar-refractivity contribution in [1.82, 2.24) is 9.80 Å². The van der Waals surface area contributed by atoms with E-state index in [9.17, 15) is 62.3 Å². The highest BCUT2D eigenvalue weighted by Crippen LogP contribution is 2.41. The molecule has 0 atom stereocenters. The van der Waals surface area contributed by atoms with Crippen LogP contribution in [0.25, 0.3) is 4.85 Å². The van der Waals surface area contributed by atoms with Crippen molar-refractivity contribution in [3.05, 3.63) is 134 Å². The first kappa shape index (κ1) is 40.5. The molecular formula is C35H20ClF12N3O4. The quantitative estimate of drug-likeness (QED) is 0.144. The molecule has 0 spiro atoms. The van der Waals surface area contributed by atoms with E-state index < -0.39 is 70.6 Å². The number of amides is 2. The second kappa shape index (κ2) is 14.9. The third-order valence-electron chi connectivity index (χ3n) is 7.91.